The Morgan fingerprint density at radius 1 is 0.754 bits per heavy atom. The smallest absolute Gasteiger partial charge is 0.270 e. The molecule has 0 radical (unpaired) electrons. The topological polar surface area (TPSA) is 181 Å². The summed E-state index contributed by atoms with van der Waals surface area (Å²) in [7, 11) is 2.98. The van der Waals surface area contributed by atoms with Crippen molar-refractivity contribution in [2.45, 2.75) is 45.0 Å². The molecule has 4 N–H and O–H groups in total. The first-order valence-electron chi connectivity index (χ1n) is 21.2. The van der Waals surface area contributed by atoms with E-state index in [9.17, 15) is 28.0 Å². The Hall–Kier alpha value is -5.40. The zero-order chi connectivity index (χ0) is 46.8. The second-order valence-electron chi connectivity index (χ2n) is 15.2. The van der Waals surface area contributed by atoms with Gasteiger partial charge in [0.1, 0.15) is 17.1 Å². The second kappa shape index (κ2) is 22.7. The van der Waals surface area contributed by atoms with Crippen molar-refractivity contribution in [3.05, 3.63) is 115 Å². The Balaban J connectivity index is 0.000000178. The molecule has 8 rings (SSSR count). The number of Topliss-reactive ketones (excluding diaryl/α,β-unsaturated/α-hetero) is 1. The highest BCUT2D eigenvalue weighted by Gasteiger charge is 2.26. The number of ketones is 1. The number of rotatable bonds is 9. The van der Waals surface area contributed by atoms with E-state index in [0.29, 0.717) is 82.6 Å². The van der Waals surface area contributed by atoms with Gasteiger partial charge < -0.3 is 30.7 Å². The zero-order valence-corrected chi connectivity index (χ0v) is 39.6. The summed E-state index contributed by atoms with van der Waals surface area (Å²) in [6, 6.07) is 14.0. The third-order valence-electron chi connectivity index (χ3n) is 11.1. The number of fused-ring (bicyclic) bond motifs is 2. The number of carbonyl (C=O) groups is 3. The van der Waals surface area contributed by atoms with E-state index in [4.69, 9.17) is 23.2 Å². The lowest BCUT2D eigenvalue weighted by atomic mass is 9.97. The maximum absolute atomic E-state index is 14.5. The number of aliphatic imine (C=N–C) groups is 1. The van der Waals surface area contributed by atoms with Gasteiger partial charge in [-0.25, -0.2) is 19.9 Å². The van der Waals surface area contributed by atoms with Crippen LogP contribution in [0.2, 0.25) is 10.0 Å². The van der Waals surface area contributed by atoms with Crippen LogP contribution in [0.15, 0.2) is 58.3 Å². The van der Waals surface area contributed by atoms with E-state index in [1.165, 1.54) is 20.2 Å². The van der Waals surface area contributed by atoms with Crippen molar-refractivity contribution in [2.75, 3.05) is 76.3 Å². The molecule has 0 saturated carbocycles. The molecule has 15 nitrogen and oxygen atoms in total. The van der Waals surface area contributed by atoms with Gasteiger partial charge in [0.2, 0.25) is 11.9 Å². The zero-order valence-electron chi connectivity index (χ0n) is 36.5. The van der Waals surface area contributed by atoms with Gasteiger partial charge in [0.25, 0.3) is 17.4 Å². The normalized spacial score (nSPS) is 15.0. The summed E-state index contributed by atoms with van der Waals surface area (Å²) >= 11 is 16.2. The van der Waals surface area contributed by atoms with Gasteiger partial charge in [-0.3, -0.25) is 24.1 Å². The van der Waals surface area contributed by atoms with Crippen LogP contribution in [-0.4, -0.2) is 115 Å². The standard InChI is InChI=1S/C23H25ClFN5O2.C11H10BrClN2O.C11H15FN4O/c1-3-16-20(31)12-15-17(27-16)5-4-14(21(15)24)13-29-8-10-30(11-9-29)19-7-6-18(23(32)26-2)28-22(19)25;1-2-7-11(16)15-10-8(14-7)4-3-6(5-12)9(10)13;1-13-11(17)8-2-3-9(10(12)15-8)16-6-4-14-5-7-16/h4-7H,3,8-13H2,1-2H3,(H,26,32);3-4H,2,5H2,1H3,(H,15,16);2-3,14H,4-7H2,1H3,(H,13,17). The number of nitrogens with zero attached hydrogens (tertiary/aromatic N) is 7. The van der Waals surface area contributed by atoms with Crippen molar-refractivity contribution in [1.29, 1.82) is 0 Å². The van der Waals surface area contributed by atoms with Crippen LogP contribution in [0.4, 0.5) is 25.8 Å². The minimum absolute atomic E-state index is 0.0331. The molecule has 2 fully saturated rings. The highest BCUT2D eigenvalue weighted by molar-refractivity contribution is 9.08. The van der Waals surface area contributed by atoms with Crippen molar-refractivity contribution in [2.24, 2.45) is 4.99 Å². The maximum Gasteiger partial charge on any atom is 0.270 e. The number of benzene rings is 2. The Bertz CT molecular complexity index is 2660. The van der Waals surface area contributed by atoms with Gasteiger partial charge in [-0.05, 0) is 60.4 Å². The van der Waals surface area contributed by atoms with Gasteiger partial charge in [-0.2, -0.15) is 8.78 Å². The SMILES string of the molecule is CCC1=Nc2ccc(CN3CCN(c4ccc(C(=O)NC)nc4F)CC3)c(Cl)c2CC1=O.CCc1nc2ccc(CBr)c(Cl)c2[nH]c1=O.CNC(=O)c1ccc(N2CCNCC2)c(F)n1. The molecule has 2 aromatic carbocycles. The minimum Gasteiger partial charge on any atom is -0.365 e. The molecule has 0 spiro atoms. The number of aryl methyl sites for hydroxylation is 1. The summed E-state index contributed by atoms with van der Waals surface area (Å²) in [6.07, 6.45) is 1.52. The van der Waals surface area contributed by atoms with Crippen LogP contribution in [-0.2, 0) is 29.5 Å². The highest BCUT2D eigenvalue weighted by atomic mass is 79.9. The number of pyridine rings is 2. The summed E-state index contributed by atoms with van der Waals surface area (Å²) in [4.78, 5) is 71.9. The number of nitrogens with one attached hydrogen (secondary N) is 4. The molecule has 0 aliphatic carbocycles. The average molecular weight is 998 g/mol. The third-order valence-corrected chi connectivity index (χ3v) is 12.6. The van der Waals surface area contributed by atoms with Gasteiger partial charge in [0, 0.05) is 90.3 Å². The molecule has 5 aromatic rings. The lowest BCUT2D eigenvalue weighted by Gasteiger charge is -2.36. The molecule has 2 amide bonds. The molecular weight excluding hydrogens is 947 g/mol. The van der Waals surface area contributed by atoms with E-state index < -0.39 is 17.8 Å². The van der Waals surface area contributed by atoms with Crippen LogP contribution >= 0.6 is 39.1 Å². The Morgan fingerprint density at radius 2 is 1.34 bits per heavy atom. The number of anilines is 2. The molecule has 0 atom stereocenters. The van der Waals surface area contributed by atoms with Crippen LogP contribution in [0.25, 0.3) is 11.0 Å². The minimum atomic E-state index is -0.644. The molecule has 0 bridgehead atoms. The number of H-pyrrole nitrogens is 1. The first-order chi connectivity index (χ1) is 31.3. The fourth-order valence-electron chi connectivity index (χ4n) is 7.48. The molecule has 344 valence electrons. The van der Waals surface area contributed by atoms with Gasteiger partial charge in [-0.1, -0.05) is 65.1 Å². The molecule has 2 saturated heterocycles. The summed E-state index contributed by atoms with van der Waals surface area (Å²) < 4.78 is 28.2. The maximum atomic E-state index is 14.5. The largest absolute Gasteiger partial charge is 0.365 e. The van der Waals surface area contributed by atoms with Crippen LogP contribution in [0.5, 0.6) is 0 Å². The number of halogens is 5. The van der Waals surface area contributed by atoms with Crippen molar-refractivity contribution in [3.63, 3.8) is 0 Å². The molecule has 65 heavy (non-hydrogen) atoms. The number of amides is 2. The monoisotopic (exact) mass is 995 g/mol. The lowest BCUT2D eigenvalue weighted by Crippen LogP contribution is -2.46. The highest BCUT2D eigenvalue weighted by Crippen LogP contribution is 2.35. The predicted molar refractivity (Wildman–Crippen MR) is 255 cm³/mol. The number of aromatic amines is 1. The second-order valence-corrected chi connectivity index (χ2v) is 16.5. The number of piperazine rings is 2. The Labute approximate surface area is 393 Å². The molecule has 6 heterocycles. The number of hydrogen-bond donors (Lipinski definition) is 4. The molecule has 3 aliphatic heterocycles. The van der Waals surface area contributed by atoms with E-state index in [1.807, 2.05) is 47.9 Å². The van der Waals surface area contributed by atoms with Crippen molar-refractivity contribution < 1.29 is 23.2 Å². The summed E-state index contributed by atoms with van der Waals surface area (Å²) in [5.74, 6) is -2.00. The number of carbonyl (C=O) groups excluding carboxylic acids is 3. The summed E-state index contributed by atoms with van der Waals surface area (Å²) in [5, 5.41) is 9.87. The number of aromatic nitrogens is 4. The molecule has 0 unspecified atom stereocenters. The summed E-state index contributed by atoms with van der Waals surface area (Å²) in [6.45, 7) is 10.3. The van der Waals surface area contributed by atoms with Crippen molar-refractivity contribution in [3.8, 4) is 0 Å². The summed E-state index contributed by atoms with van der Waals surface area (Å²) in [5.41, 5.74) is 6.81. The van der Waals surface area contributed by atoms with Crippen LogP contribution in [0.3, 0.4) is 0 Å². The van der Waals surface area contributed by atoms with E-state index in [0.717, 1.165) is 67.2 Å². The molecule has 3 aromatic heterocycles. The third kappa shape index (κ3) is 11.7. The van der Waals surface area contributed by atoms with Gasteiger partial charge >= 0.3 is 0 Å². The lowest BCUT2D eigenvalue weighted by molar-refractivity contribution is -0.112. The molecule has 20 heteroatoms. The van der Waals surface area contributed by atoms with E-state index in [1.54, 1.807) is 18.2 Å². The molecule has 3 aliphatic rings. The van der Waals surface area contributed by atoms with Crippen LogP contribution in [0.1, 0.15) is 63.6 Å². The Kier molecular flexibility index (Phi) is 17.1. The fourth-order valence-corrected chi connectivity index (χ4v) is 8.66. The predicted octanol–water partition coefficient (Wildman–Crippen LogP) is 6.19. The van der Waals surface area contributed by atoms with E-state index >= 15 is 0 Å². The van der Waals surface area contributed by atoms with Crippen molar-refractivity contribution >= 4 is 90.5 Å². The number of hydrogen-bond acceptors (Lipinski definition) is 12. The van der Waals surface area contributed by atoms with E-state index in [2.05, 4.69) is 61.7 Å². The van der Waals surface area contributed by atoms with Crippen molar-refractivity contribution in [1.82, 2.24) is 40.8 Å². The van der Waals surface area contributed by atoms with Gasteiger partial charge in [0.05, 0.1) is 43.9 Å². The van der Waals surface area contributed by atoms with Crippen LogP contribution < -0.4 is 31.3 Å². The van der Waals surface area contributed by atoms with Gasteiger partial charge in [0.15, 0.2) is 5.78 Å². The van der Waals surface area contributed by atoms with E-state index in [-0.39, 0.29) is 28.6 Å². The first kappa shape index (κ1) is 49.0. The first-order valence-corrected chi connectivity index (χ1v) is 23.1. The fraction of sp³-hybridized carbons (Fsp3) is 0.378. The molecular formula is C45H50BrCl2F2N11O4. The quantitative estimate of drug-likeness (QED) is 0.0978. The average Bonchev–Trinajstić information content (AvgIpc) is 3.33. The van der Waals surface area contributed by atoms with Crippen LogP contribution in [0, 0.1) is 11.9 Å². The Morgan fingerprint density at radius 3 is 1.88 bits per heavy atom. The number of alkyl halides is 1. The van der Waals surface area contributed by atoms with Gasteiger partial charge in [-0.15, -0.1) is 0 Å².